The molecule has 6 rings (SSSR count). The number of ether oxygens (including phenoxy) is 3. The van der Waals surface area contributed by atoms with Crippen molar-refractivity contribution < 1.29 is 28.5 Å². The molecule has 0 radical (unpaired) electrons. The lowest BCUT2D eigenvalue weighted by molar-refractivity contribution is -0.146. The first kappa shape index (κ1) is 27.6. The van der Waals surface area contributed by atoms with Gasteiger partial charge >= 0.3 is 11.7 Å². The Morgan fingerprint density at radius 1 is 1.20 bits per heavy atom. The van der Waals surface area contributed by atoms with Crippen LogP contribution in [0.2, 0.25) is 0 Å². The van der Waals surface area contributed by atoms with E-state index in [4.69, 9.17) is 18.6 Å². The molecule has 0 saturated carbocycles. The topological polar surface area (TPSA) is 135 Å². The van der Waals surface area contributed by atoms with Crippen LogP contribution in [0.4, 0.5) is 0 Å². The summed E-state index contributed by atoms with van der Waals surface area (Å²) in [4.78, 5) is 45.4. The van der Waals surface area contributed by atoms with Crippen LogP contribution in [-0.4, -0.2) is 56.7 Å². The molecule has 1 aromatic carbocycles. The smallest absolute Gasteiger partial charge is 0.333 e. The lowest BCUT2D eigenvalue weighted by Crippen LogP contribution is -2.52. The third-order valence-electron chi connectivity index (χ3n) is 8.04. The monoisotopic (exact) mass is 581 g/mol. The van der Waals surface area contributed by atoms with Crippen molar-refractivity contribution >= 4 is 27.5 Å². The van der Waals surface area contributed by atoms with Gasteiger partial charge < -0.3 is 23.7 Å². The zero-order valence-corrected chi connectivity index (χ0v) is 23.9. The highest BCUT2D eigenvalue weighted by atomic mass is 32.1. The van der Waals surface area contributed by atoms with Crippen molar-refractivity contribution in [3.8, 4) is 10.8 Å². The summed E-state index contributed by atoms with van der Waals surface area (Å²) in [5.41, 5.74) is -1.87. The molecule has 4 aromatic rings. The standard InChI is InChI=1S/C29H31N3O8S/c1-15-13-38-22-19(14-39-21(15)22)40-18(17-8-6-5-7-9-17)12-31-26-20(16(2)23(41-26)24-30-10-11-37-24)25(33)32(28(31)36)29(3,4)27(34)35/h5-11,15,18-19,21-22H,12-14H2,1-4H3,(H,34,35)/t15-,18?,19-,21?,22?/m0/s1. The predicted molar refractivity (Wildman–Crippen MR) is 150 cm³/mol. The number of thiophene rings is 1. The van der Waals surface area contributed by atoms with E-state index in [2.05, 4.69) is 11.9 Å². The van der Waals surface area contributed by atoms with E-state index < -0.39 is 28.9 Å². The summed E-state index contributed by atoms with van der Waals surface area (Å²) >= 11 is 1.20. The highest BCUT2D eigenvalue weighted by molar-refractivity contribution is 7.22. The van der Waals surface area contributed by atoms with E-state index in [1.807, 2.05) is 30.3 Å². The molecule has 0 spiro atoms. The van der Waals surface area contributed by atoms with Gasteiger partial charge in [-0.2, -0.15) is 0 Å². The molecule has 2 fully saturated rings. The molecule has 41 heavy (non-hydrogen) atoms. The number of hydrogen-bond acceptors (Lipinski definition) is 9. The Morgan fingerprint density at radius 2 is 1.93 bits per heavy atom. The Morgan fingerprint density at radius 3 is 2.61 bits per heavy atom. The van der Waals surface area contributed by atoms with Crippen LogP contribution in [0.3, 0.4) is 0 Å². The van der Waals surface area contributed by atoms with Crippen LogP contribution in [-0.2, 0) is 31.1 Å². The van der Waals surface area contributed by atoms with Crippen molar-refractivity contribution in [2.75, 3.05) is 13.2 Å². The summed E-state index contributed by atoms with van der Waals surface area (Å²) in [6, 6.07) is 9.48. The van der Waals surface area contributed by atoms with Crippen LogP contribution >= 0.6 is 11.3 Å². The average Bonchev–Trinajstić information content (AvgIpc) is 3.73. The molecule has 11 nitrogen and oxygen atoms in total. The number of carboxylic acid groups (broad SMARTS) is 1. The third kappa shape index (κ3) is 4.55. The van der Waals surface area contributed by atoms with E-state index in [0.717, 1.165) is 10.1 Å². The second-order valence-corrected chi connectivity index (χ2v) is 12.1. The Bertz CT molecular complexity index is 1710. The van der Waals surface area contributed by atoms with Gasteiger partial charge in [0.2, 0.25) is 5.89 Å². The number of rotatable bonds is 8. The van der Waals surface area contributed by atoms with Gasteiger partial charge in [0.1, 0.15) is 34.9 Å². The van der Waals surface area contributed by atoms with Crippen LogP contribution in [0.25, 0.3) is 21.0 Å². The highest BCUT2D eigenvalue weighted by Gasteiger charge is 2.47. The Balaban J connectivity index is 1.53. The van der Waals surface area contributed by atoms with Crippen molar-refractivity contribution in [1.82, 2.24) is 14.1 Å². The van der Waals surface area contributed by atoms with Crippen molar-refractivity contribution in [1.29, 1.82) is 0 Å². The first-order valence-corrected chi connectivity index (χ1v) is 14.3. The first-order valence-electron chi connectivity index (χ1n) is 13.5. The fourth-order valence-corrected chi connectivity index (χ4v) is 6.92. The van der Waals surface area contributed by atoms with Gasteiger partial charge in [-0.25, -0.2) is 19.1 Å². The largest absolute Gasteiger partial charge is 0.480 e. The van der Waals surface area contributed by atoms with E-state index in [9.17, 15) is 19.5 Å². The molecular weight excluding hydrogens is 550 g/mol. The number of aryl methyl sites for hydroxylation is 1. The van der Waals surface area contributed by atoms with Crippen LogP contribution in [0.1, 0.15) is 38.0 Å². The summed E-state index contributed by atoms with van der Waals surface area (Å²) in [6.45, 7) is 7.45. The van der Waals surface area contributed by atoms with Crippen LogP contribution in [0.5, 0.6) is 0 Å². The molecule has 3 aromatic heterocycles. The normalized spacial score (nSPS) is 23.2. The maximum atomic E-state index is 14.1. The highest BCUT2D eigenvalue weighted by Crippen LogP contribution is 2.38. The van der Waals surface area contributed by atoms with E-state index in [1.54, 1.807) is 6.92 Å². The predicted octanol–water partition coefficient (Wildman–Crippen LogP) is 3.57. The average molecular weight is 582 g/mol. The number of aliphatic carboxylic acids is 1. The van der Waals surface area contributed by atoms with Crippen LogP contribution in [0, 0.1) is 12.8 Å². The summed E-state index contributed by atoms with van der Waals surface area (Å²) in [7, 11) is 0. The van der Waals surface area contributed by atoms with Gasteiger partial charge in [-0.3, -0.25) is 9.36 Å². The summed E-state index contributed by atoms with van der Waals surface area (Å²) in [5, 5.41) is 10.2. The molecule has 3 unspecified atom stereocenters. The van der Waals surface area contributed by atoms with Crippen molar-refractivity contribution in [3.63, 3.8) is 0 Å². The minimum absolute atomic E-state index is 0.0176. The van der Waals surface area contributed by atoms with Crippen molar-refractivity contribution in [2.24, 2.45) is 5.92 Å². The quantitative estimate of drug-likeness (QED) is 0.331. The molecule has 2 aliphatic rings. The zero-order valence-electron chi connectivity index (χ0n) is 23.1. The van der Waals surface area contributed by atoms with E-state index in [0.29, 0.717) is 34.4 Å². The summed E-state index contributed by atoms with van der Waals surface area (Å²) in [6.07, 6.45) is 1.65. The fraction of sp³-hybridized carbons (Fsp3) is 0.448. The number of carboxylic acids is 1. The van der Waals surface area contributed by atoms with E-state index in [-0.39, 0.29) is 36.2 Å². The van der Waals surface area contributed by atoms with Gasteiger partial charge in [-0.1, -0.05) is 37.3 Å². The van der Waals surface area contributed by atoms with Crippen molar-refractivity contribution in [2.45, 2.75) is 64.2 Å². The van der Waals surface area contributed by atoms with Gasteiger partial charge in [0.25, 0.3) is 5.56 Å². The SMILES string of the molecule is Cc1c(-c2ncco2)sc2c1c(=O)n(C(C)(C)C(=O)O)c(=O)n2CC(O[C@H]1COC2C1OC[C@@H]2C)c1ccccc1. The number of aromatic nitrogens is 3. The van der Waals surface area contributed by atoms with E-state index >= 15 is 0 Å². The lowest BCUT2D eigenvalue weighted by Gasteiger charge is -2.27. The molecule has 2 saturated heterocycles. The molecule has 0 amide bonds. The molecule has 0 bridgehead atoms. The molecule has 5 heterocycles. The van der Waals surface area contributed by atoms with Gasteiger partial charge in [0.15, 0.2) is 0 Å². The summed E-state index contributed by atoms with van der Waals surface area (Å²) in [5.74, 6) is -0.750. The number of benzene rings is 1. The maximum absolute atomic E-state index is 14.1. The minimum Gasteiger partial charge on any atom is -0.480 e. The number of oxazole rings is 1. The van der Waals surface area contributed by atoms with Crippen molar-refractivity contribution in [3.05, 3.63) is 74.8 Å². The number of fused-ring (bicyclic) bond motifs is 2. The van der Waals surface area contributed by atoms with Gasteiger partial charge in [-0.15, -0.1) is 11.3 Å². The third-order valence-corrected chi connectivity index (χ3v) is 9.34. The Labute approximate surface area is 238 Å². The van der Waals surface area contributed by atoms with Gasteiger partial charge in [0.05, 0.1) is 42.3 Å². The molecule has 216 valence electrons. The maximum Gasteiger partial charge on any atom is 0.333 e. The second kappa shape index (κ2) is 10.4. The van der Waals surface area contributed by atoms with Crippen LogP contribution < -0.4 is 11.2 Å². The van der Waals surface area contributed by atoms with Crippen LogP contribution in [0.15, 0.2) is 56.8 Å². The molecule has 0 aliphatic carbocycles. The fourth-order valence-electron chi connectivity index (χ4n) is 5.68. The Hall–Kier alpha value is -3.58. The zero-order chi connectivity index (χ0) is 29.1. The minimum atomic E-state index is -1.81. The number of nitrogens with zero attached hydrogens (tertiary/aromatic N) is 3. The van der Waals surface area contributed by atoms with Gasteiger partial charge in [0, 0.05) is 5.92 Å². The molecule has 1 N–H and O–H groups in total. The first-order chi connectivity index (χ1) is 19.6. The molecular formula is C29H31N3O8S. The number of hydrogen-bond donors (Lipinski definition) is 1. The molecule has 5 atom stereocenters. The van der Waals surface area contributed by atoms with E-state index in [1.165, 1.54) is 42.2 Å². The second-order valence-electron chi connectivity index (χ2n) is 11.1. The number of carbonyl (C=O) groups is 1. The van der Waals surface area contributed by atoms with Gasteiger partial charge in [-0.05, 0) is 31.9 Å². The summed E-state index contributed by atoms with van der Waals surface area (Å²) < 4.78 is 26.4. The Kier molecular flexibility index (Phi) is 6.97. The molecule has 12 heteroatoms. The lowest BCUT2D eigenvalue weighted by atomic mass is 10.0. The molecule has 2 aliphatic heterocycles.